The minimum absolute atomic E-state index is 0.0388. The molecule has 5 heteroatoms. The van der Waals surface area contributed by atoms with Crippen LogP contribution in [0.15, 0.2) is 48.5 Å². The fourth-order valence-corrected chi connectivity index (χ4v) is 5.64. The van der Waals surface area contributed by atoms with Gasteiger partial charge in [-0.2, -0.15) is 0 Å². The van der Waals surface area contributed by atoms with E-state index in [0.29, 0.717) is 44.4 Å². The van der Waals surface area contributed by atoms with Gasteiger partial charge in [0.25, 0.3) is 0 Å². The predicted octanol–water partition coefficient (Wildman–Crippen LogP) is 5.18. The monoisotopic (exact) mass is 493 g/mol. The van der Waals surface area contributed by atoms with Crippen molar-refractivity contribution in [2.24, 2.45) is 11.8 Å². The molecule has 4 rings (SSSR count). The van der Waals surface area contributed by atoms with Crippen molar-refractivity contribution in [1.82, 2.24) is 5.32 Å². The normalized spacial score (nSPS) is 17.6. The van der Waals surface area contributed by atoms with Crippen molar-refractivity contribution < 1.29 is 19.4 Å². The molecule has 0 bridgehead atoms. The van der Waals surface area contributed by atoms with Gasteiger partial charge in [0, 0.05) is 18.5 Å². The van der Waals surface area contributed by atoms with Gasteiger partial charge in [0.2, 0.25) is 0 Å². The van der Waals surface area contributed by atoms with Crippen molar-refractivity contribution >= 4 is 5.97 Å². The Morgan fingerprint density at radius 2 is 1.75 bits per heavy atom. The summed E-state index contributed by atoms with van der Waals surface area (Å²) in [7, 11) is 0. The van der Waals surface area contributed by atoms with Crippen LogP contribution in [0.4, 0.5) is 0 Å². The molecule has 2 aliphatic carbocycles. The highest BCUT2D eigenvalue weighted by Crippen LogP contribution is 2.44. The molecule has 1 fully saturated rings. The van der Waals surface area contributed by atoms with Crippen LogP contribution in [0.2, 0.25) is 0 Å². The van der Waals surface area contributed by atoms with E-state index in [2.05, 4.69) is 55.6 Å². The summed E-state index contributed by atoms with van der Waals surface area (Å²) in [6, 6.07) is 17.0. The van der Waals surface area contributed by atoms with E-state index in [4.69, 9.17) is 9.47 Å². The largest absolute Gasteiger partial charge is 0.466 e. The molecule has 0 spiro atoms. The Labute approximate surface area is 216 Å². The third kappa shape index (κ3) is 7.64. The molecule has 2 N–H and O–H groups in total. The molecule has 0 unspecified atom stereocenters. The van der Waals surface area contributed by atoms with E-state index < -0.39 is 6.10 Å². The summed E-state index contributed by atoms with van der Waals surface area (Å²) in [6.07, 6.45) is 6.05. The lowest BCUT2D eigenvalue weighted by atomic mass is 9.88. The first-order valence-electron chi connectivity index (χ1n) is 13.7. The first kappa shape index (κ1) is 26.8. The lowest BCUT2D eigenvalue weighted by Crippen LogP contribution is -2.45. The summed E-state index contributed by atoms with van der Waals surface area (Å²) in [5.74, 6) is 0.958. The first-order chi connectivity index (χ1) is 17.3. The lowest BCUT2D eigenvalue weighted by molar-refractivity contribution is -0.143. The predicted molar refractivity (Wildman–Crippen MR) is 143 cm³/mol. The van der Waals surface area contributed by atoms with Crippen molar-refractivity contribution in [3.05, 3.63) is 70.8 Å². The van der Waals surface area contributed by atoms with Crippen LogP contribution in [0.1, 0.15) is 74.8 Å². The Bertz CT molecular complexity index is 975. The lowest BCUT2D eigenvalue weighted by Gasteiger charge is -2.31. The third-order valence-corrected chi connectivity index (χ3v) is 7.53. The zero-order chi connectivity index (χ0) is 25.5. The molecule has 2 aromatic rings. The molecule has 0 radical (unpaired) electrons. The number of hydrogen-bond donors (Lipinski definition) is 2. The van der Waals surface area contributed by atoms with Crippen LogP contribution in [-0.2, 0) is 33.5 Å². The number of nitrogens with one attached hydrogen (secondary N) is 1. The standard InChI is InChI=1S/C31H43NO4/c1-4-35-29(34)16-15-23-9-7-8-12-28(23)30(24-13-14-24)36-21-27(33)20-32-31(2,3)19-22-17-25-10-5-6-11-26(25)18-22/h5-12,22,24,27,30,32-33H,4,13-21H2,1-3H3/t27-,30-/m1/s1. The molecule has 2 atom stereocenters. The number of fused-ring (bicyclic) bond motifs is 1. The minimum atomic E-state index is -0.571. The minimum Gasteiger partial charge on any atom is -0.466 e. The van der Waals surface area contributed by atoms with Gasteiger partial charge in [0.15, 0.2) is 0 Å². The first-order valence-corrected chi connectivity index (χ1v) is 13.7. The van der Waals surface area contributed by atoms with Crippen LogP contribution in [0.5, 0.6) is 0 Å². The Morgan fingerprint density at radius 3 is 2.42 bits per heavy atom. The zero-order valence-corrected chi connectivity index (χ0v) is 22.2. The third-order valence-electron chi connectivity index (χ3n) is 7.53. The topological polar surface area (TPSA) is 67.8 Å². The fourth-order valence-electron chi connectivity index (χ4n) is 5.64. The summed E-state index contributed by atoms with van der Waals surface area (Å²) < 4.78 is 11.4. The summed E-state index contributed by atoms with van der Waals surface area (Å²) in [5, 5.41) is 14.4. The molecule has 196 valence electrons. The number of hydrogen-bond acceptors (Lipinski definition) is 5. The Morgan fingerprint density at radius 1 is 1.08 bits per heavy atom. The van der Waals surface area contributed by atoms with E-state index >= 15 is 0 Å². The summed E-state index contributed by atoms with van der Waals surface area (Å²) in [4.78, 5) is 11.9. The second-order valence-corrected chi connectivity index (χ2v) is 11.3. The number of rotatable bonds is 14. The highest BCUT2D eigenvalue weighted by Gasteiger charge is 2.35. The van der Waals surface area contributed by atoms with E-state index in [0.717, 1.165) is 43.2 Å². The molecule has 2 aromatic carbocycles. The van der Waals surface area contributed by atoms with Crippen LogP contribution in [-0.4, -0.2) is 42.5 Å². The molecular formula is C31H43NO4. The van der Waals surface area contributed by atoms with E-state index in [1.54, 1.807) is 0 Å². The Kier molecular flexibility index (Phi) is 9.21. The number of esters is 1. The number of carbonyl (C=O) groups excluding carboxylic acids is 1. The van der Waals surface area contributed by atoms with E-state index in [9.17, 15) is 9.90 Å². The summed E-state index contributed by atoms with van der Waals surface area (Å²) >= 11 is 0. The zero-order valence-electron chi connectivity index (χ0n) is 22.2. The van der Waals surface area contributed by atoms with Gasteiger partial charge in [0.05, 0.1) is 25.4 Å². The molecule has 0 amide bonds. The van der Waals surface area contributed by atoms with Gasteiger partial charge in [-0.05, 0) is 93.4 Å². The molecule has 0 aliphatic heterocycles. The van der Waals surface area contributed by atoms with Gasteiger partial charge in [0.1, 0.15) is 0 Å². The van der Waals surface area contributed by atoms with Gasteiger partial charge in [-0.3, -0.25) is 4.79 Å². The number of aryl methyl sites for hydroxylation is 1. The molecule has 2 aliphatic rings. The van der Waals surface area contributed by atoms with Crippen molar-refractivity contribution in [3.8, 4) is 0 Å². The summed E-state index contributed by atoms with van der Waals surface area (Å²) in [6.45, 7) is 7.51. The number of carbonyl (C=O) groups is 1. The van der Waals surface area contributed by atoms with Crippen LogP contribution in [0.25, 0.3) is 0 Å². The van der Waals surface area contributed by atoms with Crippen LogP contribution in [0, 0.1) is 11.8 Å². The Balaban J connectivity index is 1.26. The molecule has 1 saturated carbocycles. The number of aliphatic hydroxyl groups excluding tert-OH is 1. The SMILES string of the molecule is CCOC(=O)CCc1ccccc1[C@H](OC[C@H](O)CNC(C)(C)CC1Cc2ccccc2C1)C1CC1. The number of ether oxygens (including phenoxy) is 2. The van der Waals surface area contributed by atoms with Gasteiger partial charge in [-0.1, -0.05) is 48.5 Å². The van der Waals surface area contributed by atoms with Crippen molar-refractivity contribution in [1.29, 1.82) is 0 Å². The fraction of sp³-hybridized carbons (Fsp3) is 0.581. The maximum Gasteiger partial charge on any atom is 0.306 e. The molecule has 0 heterocycles. The van der Waals surface area contributed by atoms with Gasteiger partial charge in [-0.15, -0.1) is 0 Å². The smallest absolute Gasteiger partial charge is 0.306 e. The Hall–Kier alpha value is -2.21. The molecular weight excluding hydrogens is 450 g/mol. The van der Waals surface area contributed by atoms with Crippen LogP contribution < -0.4 is 5.32 Å². The summed E-state index contributed by atoms with van der Waals surface area (Å²) in [5.41, 5.74) is 5.20. The molecule has 0 aromatic heterocycles. The quantitative estimate of drug-likeness (QED) is 0.355. The number of benzene rings is 2. The van der Waals surface area contributed by atoms with E-state index in [1.807, 2.05) is 19.1 Å². The van der Waals surface area contributed by atoms with Crippen molar-refractivity contribution in [3.63, 3.8) is 0 Å². The van der Waals surface area contributed by atoms with Crippen LogP contribution in [0.3, 0.4) is 0 Å². The van der Waals surface area contributed by atoms with Gasteiger partial charge in [-0.25, -0.2) is 0 Å². The van der Waals surface area contributed by atoms with Crippen molar-refractivity contribution in [2.45, 2.75) is 83.5 Å². The van der Waals surface area contributed by atoms with Gasteiger partial charge < -0.3 is 19.9 Å². The van der Waals surface area contributed by atoms with E-state index in [1.165, 1.54) is 11.1 Å². The number of β-amino-alcohol motifs (C(OH)–C–C–N with tert-alkyl or cyclic N) is 1. The second-order valence-electron chi connectivity index (χ2n) is 11.3. The van der Waals surface area contributed by atoms with Crippen molar-refractivity contribution in [2.75, 3.05) is 19.8 Å². The maximum atomic E-state index is 11.9. The maximum absolute atomic E-state index is 11.9. The molecule has 36 heavy (non-hydrogen) atoms. The molecule has 0 saturated heterocycles. The average molecular weight is 494 g/mol. The van der Waals surface area contributed by atoms with Crippen LogP contribution >= 0.6 is 0 Å². The van der Waals surface area contributed by atoms with Gasteiger partial charge >= 0.3 is 5.97 Å². The highest BCUT2D eigenvalue weighted by molar-refractivity contribution is 5.69. The highest BCUT2D eigenvalue weighted by atomic mass is 16.5. The average Bonchev–Trinajstić information content (AvgIpc) is 3.61. The molecule has 5 nitrogen and oxygen atoms in total. The number of aliphatic hydroxyl groups is 1. The second kappa shape index (κ2) is 12.4. The van der Waals surface area contributed by atoms with E-state index in [-0.39, 0.29) is 17.6 Å².